The molecule has 2 aliphatic rings. The van der Waals surface area contributed by atoms with Gasteiger partial charge in [-0.3, -0.25) is 9.69 Å². The second-order valence-electron chi connectivity index (χ2n) is 8.31. The van der Waals surface area contributed by atoms with Crippen molar-refractivity contribution in [3.05, 3.63) is 59.8 Å². The number of carbonyl (C=O) groups is 1. The highest BCUT2D eigenvalue weighted by atomic mass is 16.1. The van der Waals surface area contributed by atoms with Crippen molar-refractivity contribution in [3.8, 4) is 0 Å². The number of anilines is 1. The largest absolute Gasteiger partial charge is 0.354 e. The van der Waals surface area contributed by atoms with Gasteiger partial charge in [-0.2, -0.15) is 0 Å². The van der Waals surface area contributed by atoms with E-state index in [1.54, 1.807) is 6.20 Å². The quantitative estimate of drug-likeness (QED) is 0.785. The molecule has 1 amide bonds. The van der Waals surface area contributed by atoms with Crippen molar-refractivity contribution in [2.24, 2.45) is 0 Å². The zero-order valence-electron chi connectivity index (χ0n) is 17.2. The number of amides is 1. The SMILES string of the molecule is O=C(NC1CCCCCC1)c1ccnc(N2CCN(Cc3ccccc3)CC2)c1. The molecule has 1 aliphatic heterocycles. The highest BCUT2D eigenvalue weighted by Gasteiger charge is 2.20. The number of nitrogens with one attached hydrogen (secondary N) is 1. The second kappa shape index (κ2) is 9.88. The number of aromatic nitrogens is 1. The summed E-state index contributed by atoms with van der Waals surface area (Å²) in [5, 5.41) is 3.25. The molecule has 2 aromatic rings. The highest BCUT2D eigenvalue weighted by molar-refractivity contribution is 5.95. The molecule has 2 fully saturated rings. The summed E-state index contributed by atoms with van der Waals surface area (Å²) in [7, 11) is 0. The number of pyridine rings is 1. The van der Waals surface area contributed by atoms with Gasteiger partial charge in [-0.15, -0.1) is 0 Å². The van der Waals surface area contributed by atoms with E-state index in [4.69, 9.17) is 0 Å². The monoisotopic (exact) mass is 392 g/mol. The summed E-state index contributed by atoms with van der Waals surface area (Å²) in [6, 6.07) is 14.7. The first kappa shape index (κ1) is 19.9. The summed E-state index contributed by atoms with van der Waals surface area (Å²) in [4.78, 5) is 22.1. The molecule has 4 rings (SSSR count). The Morgan fingerprint density at radius 3 is 2.41 bits per heavy atom. The summed E-state index contributed by atoms with van der Waals surface area (Å²) in [5.41, 5.74) is 2.09. The van der Waals surface area contributed by atoms with E-state index in [1.807, 2.05) is 12.1 Å². The van der Waals surface area contributed by atoms with Crippen LogP contribution < -0.4 is 10.2 Å². The first-order chi connectivity index (χ1) is 14.3. The molecule has 154 valence electrons. The molecule has 0 atom stereocenters. The number of nitrogens with zero attached hydrogens (tertiary/aromatic N) is 3. The van der Waals surface area contributed by atoms with E-state index in [-0.39, 0.29) is 5.91 Å². The van der Waals surface area contributed by atoms with Crippen molar-refractivity contribution < 1.29 is 4.79 Å². The van der Waals surface area contributed by atoms with E-state index in [0.717, 1.165) is 56.9 Å². The minimum absolute atomic E-state index is 0.0447. The van der Waals surface area contributed by atoms with Crippen molar-refractivity contribution >= 4 is 11.7 Å². The molecule has 1 saturated heterocycles. The van der Waals surface area contributed by atoms with Crippen LogP contribution in [0.3, 0.4) is 0 Å². The van der Waals surface area contributed by atoms with Gasteiger partial charge >= 0.3 is 0 Å². The molecule has 0 radical (unpaired) electrons. The molecule has 1 aromatic carbocycles. The molecule has 1 saturated carbocycles. The Hall–Kier alpha value is -2.40. The molecule has 0 bridgehead atoms. The first-order valence-corrected chi connectivity index (χ1v) is 11.1. The van der Waals surface area contributed by atoms with Gasteiger partial charge in [0.15, 0.2) is 0 Å². The standard InChI is InChI=1S/C24H32N4O/c29-24(26-22-10-6-1-2-7-11-22)21-12-13-25-23(18-21)28-16-14-27(15-17-28)19-20-8-4-3-5-9-20/h3-5,8-9,12-13,18,22H,1-2,6-7,10-11,14-17,19H2,(H,26,29). The van der Waals surface area contributed by atoms with Crippen LogP contribution in [0.5, 0.6) is 0 Å². The zero-order chi connectivity index (χ0) is 19.9. The van der Waals surface area contributed by atoms with Crippen LogP contribution >= 0.6 is 0 Å². The molecule has 0 spiro atoms. The van der Waals surface area contributed by atoms with Gasteiger partial charge in [-0.05, 0) is 30.5 Å². The number of hydrogen-bond acceptors (Lipinski definition) is 4. The van der Waals surface area contributed by atoms with Crippen molar-refractivity contribution in [1.82, 2.24) is 15.2 Å². The van der Waals surface area contributed by atoms with Crippen LogP contribution in [0.4, 0.5) is 5.82 Å². The van der Waals surface area contributed by atoms with Gasteiger partial charge in [0.25, 0.3) is 5.91 Å². The predicted octanol–water partition coefficient (Wildman–Crippen LogP) is 3.86. The minimum atomic E-state index is 0.0447. The topological polar surface area (TPSA) is 48.5 Å². The molecule has 5 nitrogen and oxygen atoms in total. The Morgan fingerprint density at radius 1 is 0.966 bits per heavy atom. The van der Waals surface area contributed by atoms with E-state index < -0.39 is 0 Å². The molecule has 29 heavy (non-hydrogen) atoms. The number of piperazine rings is 1. The van der Waals surface area contributed by atoms with Crippen LogP contribution in [-0.2, 0) is 6.54 Å². The van der Waals surface area contributed by atoms with Crippen LogP contribution in [0.2, 0.25) is 0 Å². The van der Waals surface area contributed by atoms with Gasteiger partial charge in [0.2, 0.25) is 0 Å². The van der Waals surface area contributed by atoms with Crippen LogP contribution in [0, 0.1) is 0 Å². The van der Waals surface area contributed by atoms with E-state index in [0.29, 0.717) is 6.04 Å². The lowest BCUT2D eigenvalue weighted by molar-refractivity contribution is 0.0933. The van der Waals surface area contributed by atoms with Crippen molar-refractivity contribution in [1.29, 1.82) is 0 Å². The number of carbonyl (C=O) groups excluding carboxylic acids is 1. The van der Waals surface area contributed by atoms with Gasteiger partial charge in [0.1, 0.15) is 5.82 Å². The van der Waals surface area contributed by atoms with Gasteiger partial charge in [0, 0.05) is 50.5 Å². The smallest absolute Gasteiger partial charge is 0.251 e. The second-order valence-corrected chi connectivity index (χ2v) is 8.31. The lowest BCUT2D eigenvalue weighted by atomic mass is 10.1. The normalized spacial score (nSPS) is 19.0. The van der Waals surface area contributed by atoms with Crippen molar-refractivity contribution in [3.63, 3.8) is 0 Å². The Bertz CT molecular complexity index is 778. The molecular formula is C24H32N4O. The Labute approximate surface area is 174 Å². The zero-order valence-corrected chi connectivity index (χ0v) is 17.2. The van der Waals surface area contributed by atoms with Crippen LogP contribution in [0.15, 0.2) is 48.7 Å². The third-order valence-corrected chi connectivity index (χ3v) is 6.14. The molecule has 1 aromatic heterocycles. The number of benzene rings is 1. The average Bonchev–Trinajstić information content (AvgIpc) is 3.04. The summed E-state index contributed by atoms with van der Waals surface area (Å²) >= 11 is 0. The third-order valence-electron chi connectivity index (χ3n) is 6.14. The summed E-state index contributed by atoms with van der Waals surface area (Å²) in [6.07, 6.45) is 9.01. The summed E-state index contributed by atoms with van der Waals surface area (Å²) < 4.78 is 0. The first-order valence-electron chi connectivity index (χ1n) is 11.1. The fraction of sp³-hybridized carbons (Fsp3) is 0.500. The fourth-order valence-electron chi connectivity index (χ4n) is 4.40. The van der Waals surface area contributed by atoms with Crippen LogP contribution in [-0.4, -0.2) is 48.0 Å². The molecular weight excluding hydrogens is 360 g/mol. The van der Waals surface area contributed by atoms with Crippen molar-refractivity contribution in [2.75, 3.05) is 31.1 Å². The Balaban J connectivity index is 1.32. The van der Waals surface area contributed by atoms with Crippen molar-refractivity contribution in [2.45, 2.75) is 51.1 Å². The lowest BCUT2D eigenvalue weighted by Gasteiger charge is -2.35. The van der Waals surface area contributed by atoms with E-state index in [9.17, 15) is 4.79 Å². The number of hydrogen-bond donors (Lipinski definition) is 1. The third kappa shape index (κ3) is 5.57. The number of rotatable bonds is 5. The average molecular weight is 393 g/mol. The van der Waals surface area contributed by atoms with Gasteiger partial charge in [-0.25, -0.2) is 4.98 Å². The Kier molecular flexibility index (Phi) is 6.78. The molecule has 0 unspecified atom stereocenters. The maximum absolute atomic E-state index is 12.7. The van der Waals surface area contributed by atoms with E-state index >= 15 is 0 Å². The fourth-order valence-corrected chi connectivity index (χ4v) is 4.40. The minimum Gasteiger partial charge on any atom is -0.354 e. The maximum Gasteiger partial charge on any atom is 0.251 e. The molecule has 1 N–H and O–H groups in total. The van der Waals surface area contributed by atoms with Crippen LogP contribution in [0.1, 0.15) is 54.4 Å². The molecule has 5 heteroatoms. The highest BCUT2D eigenvalue weighted by Crippen LogP contribution is 2.19. The van der Waals surface area contributed by atoms with Gasteiger partial charge in [-0.1, -0.05) is 56.0 Å². The van der Waals surface area contributed by atoms with Gasteiger partial charge in [0.05, 0.1) is 0 Å². The lowest BCUT2D eigenvalue weighted by Crippen LogP contribution is -2.46. The predicted molar refractivity (Wildman–Crippen MR) is 117 cm³/mol. The van der Waals surface area contributed by atoms with E-state index in [1.165, 1.54) is 31.2 Å². The van der Waals surface area contributed by atoms with Crippen LogP contribution in [0.25, 0.3) is 0 Å². The summed E-state index contributed by atoms with van der Waals surface area (Å²) in [5.74, 6) is 0.959. The summed E-state index contributed by atoms with van der Waals surface area (Å²) in [6.45, 7) is 4.89. The molecule has 1 aliphatic carbocycles. The maximum atomic E-state index is 12.7. The van der Waals surface area contributed by atoms with E-state index in [2.05, 4.69) is 50.4 Å². The Morgan fingerprint density at radius 2 is 1.69 bits per heavy atom. The molecule has 2 heterocycles. The van der Waals surface area contributed by atoms with Gasteiger partial charge < -0.3 is 10.2 Å².